The average Bonchev–Trinajstić information content (AvgIpc) is 3.10. The van der Waals surface area contributed by atoms with E-state index in [1.165, 1.54) is 7.11 Å². The van der Waals surface area contributed by atoms with Crippen LogP contribution in [0.1, 0.15) is 31.1 Å². The number of aliphatic hydroxyl groups is 2. The number of aromatic nitrogens is 3. The summed E-state index contributed by atoms with van der Waals surface area (Å²) < 4.78 is 5.15. The van der Waals surface area contributed by atoms with Crippen LogP contribution >= 0.6 is 23.2 Å². The van der Waals surface area contributed by atoms with E-state index in [1.807, 2.05) is 0 Å². The van der Waals surface area contributed by atoms with Gasteiger partial charge in [-0.05, 0) is 31.5 Å². The Morgan fingerprint density at radius 1 is 1.30 bits per heavy atom. The quantitative estimate of drug-likeness (QED) is 0.388. The maximum absolute atomic E-state index is 12.6. The Balaban J connectivity index is 1.86. The van der Waals surface area contributed by atoms with Crippen molar-refractivity contribution in [3.63, 3.8) is 0 Å². The van der Waals surface area contributed by atoms with Gasteiger partial charge >= 0.3 is 6.03 Å². The number of carbonyl (C=O) groups excluding carboxylic acids is 1. The number of nitrogens with zero attached hydrogens (tertiary/aromatic N) is 2. The van der Waals surface area contributed by atoms with Gasteiger partial charge in [-0.1, -0.05) is 29.3 Å². The molecule has 160 valence electrons. The molecule has 0 aliphatic rings. The van der Waals surface area contributed by atoms with E-state index in [0.29, 0.717) is 32.4 Å². The summed E-state index contributed by atoms with van der Waals surface area (Å²) in [5.41, 5.74) is 0.0882. The zero-order valence-corrected chi connectivity index (χ0v) is 18.0. The molecule has 0 aliphatic carbocycles. The van der Waals surface area contributed by atoms with Crippen molar-refractivity contribution in [1.29, 1.82) is 0 Å². The van der Waals surface area contributed by atoms with Crippen molar-refractivity contribution >= 4 is 46.0 Å². The van der Waals surface area contributed by atoms with Gasteiger partial charge in [0, 0.05) is 6.07 Å². The number of hydrogen-bond acceptors (Lipinski definition) is 6. The zero-order chi connectivity index (χ0) is 22.1. The molecule has 5 N–H and O–H groups in total. The van der Waals surface area contributed by atoms with Gasteiger partial charge in [0.05, 0.1) is 52.0 Å². The zero-order valence-electron chi connectivity index (χ0n) is 16.5. The molecule has 2 heterocycles. The van der Waals surface area contributed by atoms with Gasteiger partial charge in [0.2, 0.25) is 5.88 Å². The number of nitrogens with one attached hydrogen (secondary N) is 3. The van der Waals surface area contributed by atoms with Crippen LogP contribution in [0.25, 0.3) is 10.9 Å². The number of ether oxygens (including phenoxy) is 1. The van der Waals surface area contributed by atoms with Crippen molar-refractivity contribution in [2.24, 2.45) is 0 Å². The maximum Gasteiger partial charge on any atom is 0.320 e. The van der Waals surface area contributed by atoms with E-state index in [2.05, 4.69) is 25.8 Å². The van der Waals surface area contributed by atoms with Crippen LogP contribution in [0, 0.1) is 0 Å². The molecule has 0 fully saturated rings. The van der Waals surface area contributed by atoms with E-state index in [-0.39, 0.29) is 18.1 Å². The molecule has 2 aromatic heterocycles. The number of aliphatic hydroxyl groups excluding tert-OH is 1. The number of hydrogen-bond donors (Lipinski definition) is 5. The molecule has 0 unspecified atom stereocenters. The third kappa shape index (κ3) is 4.59. The molecule has 0 saturated heterocycles. The Morgan fingerprint density at radius 2 is 2.03 bits per heavy atom. The number of methoxy groups -OCH3 is 1. The number of carbonyl (C=O) groups is 1. The minimum Gasteiger partial charge on any atom is -0.479 e. The molecule has 3 rings (SSSR count). The van der Waals surface area contributed by atoms with Crippen LogP contribution in [0.2, 0.25) is 10.0 Å². The predicted octanol–water partition coefficient (Wildman–Crippen LogP) is 3.40. The highest BCUT2D eigenvalue weighted by Gasteiger charge is 2.30. The average molecular weight is 454 g/mol. The van der Waals surface area contributed by atoms with Gasteiger partial charge in [0.15, 0.2) is 0 Å². The minimum absolute atomic E-state index is 0.180. The standard InChI is InChI=1S/C19H21Cl2N5O4/c1-19(2,29)16(9-4-5-10(20)11(21)6-9)24-18(28)23-14-7-12-15(13(8-27)22-14)17(30-3)26-25-12/h4-7,16,27,29H,8H2,1-3H3,(H,25,26)(H2,22,23,24,28)/t16-/m1/s1. The van der Waals surface area contributed by atoms with Gasteiger partial charge in [-0.3, -0.25) is 10.4 Å². The number of benzene rings is 1. The molecule has 0 spiro atoms. The third-order valence-electron chi connectivity index (χ3n) is 4.43. The van der Waals surface area contributed by atoms with Crippen molar-refractivity contribution < 1.29 is 19.7 Å². The van der Waals surface area contributed by atoms with Crippen molar-refractivity contribution in [1.82, 2.24) is 20.5 Å². The largest absolute Gasteiger partial charge is 0.479 e. The van der Waals surface area contributed by atoms with Gasteiger partial charge in [-0.2, -0.15) is 0 Å². The normalized spacial score (nSPS) is 12.6. The second-order valence-electron chi connectivity index (χ2n) is 7.13. The van der Waals surface area contributed by atoms with Crippen LogP contribution in [-0.2, 0) is 6.61 Å². The molecular weight excluding hydrogens is 433 g/mol. The van der Waals surface area contributed by atoms with Crippen molar-refractivity contribution in [2.45, 2.75) is 32.1 Å². The lowest BCUT2D eigenvalue weighted by Crippen LogP contribution is -2.44. The van der Waals surface area contributed by atoms with Crippen molar-refractivity contribution in [2.75, 3.05) is 12.4 Å². The summed E-state index contributed by atoms with van der Waals surface area (Å²) in [4.78, 5) is 16.9. The lowest BCUT2D eigenvalue weighted by atomic mass is 9.92. The maximum atomic E-state index is 12.6. The van der Waals surface area contributed by atoms with E-state index >= 15 is 0 Å². The molecule has 9 nitrogen and oxygen atoms in total. The van der Waals surface area contributed by atoms with Gasteiger partial charge < -0.3 is 20.3 Å². The van der Waals surface area contributed by atoms with E-state index in [1.54, 1.807) is 38.1 Å². The summed E-state index contributed by atoms with van der Waals surface area (Å²) in [5, 5.41) is 33.5. The number of halogens is 2. The van der Waals surface area contributed by atoms with Crippen LogP contribution in [0.15, 0.2) is 24.3 Å². The molecule has 2 amide bonds. The first-order valence-corrected chi connectivity index (χ1v) is 9.67. The third-order valence-corrected chi connectivity index (χ3v) is 5.17. The van der Waals surface area contributed by atoms with E-state index in [9.17, 15) is 15.0 Å². The summed E-state index contributed by atoms with van der Waals surface area (Å²) in [6.45, 7) is 2.75. The van der Waals surface area contributed by atoms with Crippen LogP contribution in [0.5, 0.6) is 5.88 Å². The predicted molar refractivity (Wildman–Crippen MR) is 114 cm³/mol. The second kappa shape index (κ2) is 8.65. The smallest absolute Gasteiger partial charge is 0.320 e. The van der Waals surface area contributed by atoms with Gasteiger partial charge in [0.1, 0.15) is 5.82 Å². The summed E-state index contributed by atoms with van der Waals surface area (Å²) in [5.74, 6) is 0.471. The number of rotatable bonds is 6. The molecule has 1 aromatic carbocycles. The fraction of sp³-hybridized carbons (Fsp3) is 0.316. The number of H-pyrrole nitrogens is 1. The fourth-order valence-corrected chi connectivity index (χ4v) is 3.37. The molecule has 0 radical (unpaired) electrons. The number of amides is 2. The second-order valence-corrected chi connectivity index (χ2v) is 7.94. The van der Waals surface area contributed by atoms with Crippen LogP contribution in [0.3, 0.4) is 0 Å². The Bertz CT molecular complexity index is 1080. The molecule has 11 heteroatoms. The molecule has 1 atom stereocenters. The van der Waals surface area contributed by atoms with Gasteiger partial charge in [-0.15, -0.1) is 5.10 Å². The number of pyridine rings is 1. The molecule has 0 saturated carbocycles. The first-order chi connectivity index (χ1) is 14.1. The fourth-order valence-electron chi connectivity index (χ4n) is 3.06. The number of aromatic amines is 1. The molecule has 3 aromatic rings. The van der Waals surface area contributed by atoms with Crippen LogP contribution < -0.4 is 15.4 Å². The van der Waals surface area contributed by atoms with Crippen molar-refractivity contribution in [3.8, 4) is 5.88 Å². The Labute approximate surface area is 182 Å². The Hall–Kier alpha value is -2.59. The first kappa shape index (κ1) is 22.1. The summed E-state index contributed by atoms with van der Waals surface area (Å²) in [6, 6.07) is 4.99. The first-order valence-electron chi connectivity index (χ1n) is 8.91. The number of anilines is 1. The molecular formula is C19H21Cl2N5O4. The highest BCUT2D eigenvalue weighted by Crippen LogP contribution is 2.31. The summed E-state index contributed by atoms with van der Waals surface area (Å²) >= 11 is 12.0. The Morgan fingerprint density at radius 3 is 2.63 bits per heavy atom. The van der Waals surface area contributed by atoms with Crippen LogP contribution in [-0.4, -0.2) is 44.1 Å². The highest BCUT2D eigenvalue weighted by molar-refractivity contribution is 6.42. The Kier molecular flexibility index (Phi) is 6.37. The van der Waals surface area contributed by atoms with Gasteiger partial charge in [-0.25, -0.2) is 9.78 Å². The van der Waals surface area contributed by atoms with E-state index in [0.717, 1.165) is 0 Å². The summed E-state index contributed by atoms with van der Waals surface area (Å²) in [6.07, 6.45) is 0. The van der Waals surface area contributed by atoms with E-state index < -0.39 is 17.7 Å². The lowest BCUT2D eigenvalue weighted by Gasteiger charge is -2.30. The highest BCUT2D eigenvalue weighted by atomic mass is 35.5. The summed E-state index contributed by atoms with van der Waals surface area (Å²) in [7, 11) is 1.45. The van der Waals surface area contributed by atoms with Crippen LogP contribution in [0.4, 0.5) is 10.6 Å². The lowest BCUT2D eigenvalue weighted by molar-refractivity contribution is 0.0415. The molecule has 0 bridgehead atoms. The molecule has 30 heavy (non-hydrogen) atoms. The molecule has 0 aliphatic heterocycles. The number of urea groups is 1. The SMILES string of the molecule is COc1n[nH]c2cc(NC(=O)N[C@H](c3ccc(Cl)c(Cl)c3)C(C)(C)O)nc(CO)c12. The monoisotopic (exact) mass is 453 g/mol. The van der Waals surface area contributed by atoms with Gasteiger partial charge in [0.25, 0.3) is 0 Å². The van der Waals surface area contributed by atoms with E-state index in [4.69, 9.17) is 27.9 Å². The number of fused-ring (bicyclic) bond motifs is 1. The minimum atomic E-state index is -1.31. The van der Waals surface area contributed by atoms with Crippen molar-refractivity contribution in [3.05, 3.63) is 45.6 Å². The topological polar surface area (TPSA) is 132 Å².